The molecule has 0 aliphatic rings. The molecule has 0 aliphatic carbocycles. The molecule has 0 saturated heterocycles. The number of benzene rings is 1. The predicted octanol–water partition coefficient (Wildman–Crippen LogP) is 1.72. The second-order valence-electron chi connectivity index (χ2n) is 5.00. The van der Waals surface area contributed by atoms with Crippen LogP contribution < -0.4 is 10.6 Å². The average molecular weight is 304 g/mol. The third-order valence-electron chi connectivity index (χ3n) is 2.48. The van der Waals surface area contributed by atoms with E-state index in [1.54, 1.807) is 6.08 Å². The van der Waals surface area contributed by atoms with E-state index in [-0.39, 0.29) is 5.92 Å². The standard InChI is InChI=1S/C16H20N2O4/c1-12(2)10-17-16(21)18-14(19)11-22-15(20)9-8-13-6-4-3-5-7-13/h3-9,12H,10-11H2,1-2H3,(H2,17,18,19,21)/b9-8+. The second kappa shape index (κ2) is 9.33. The van der Waals surface area contributed by atoms with Crippen LogP contribution in [0.15, 0.2) is 36.4 Å². The van der Waals surface area contributed by atoms with E-state index in [1.165, 1.54) is 6.08 Å². The van der Waals surface area contributed by atoms with E-state index in [0.717, 1.165) is 5.56 Å². The van der Waals surface area contributed by atoms with Crippen molar-refractivity contribution in [2.24, 2.45) is 5.92 Å². The molecule has 1 rings (SSSR count). The fraction of sp³-hybridized carbons (Fsp3) is 0.312. The van der Waals surface area contributed by atoms with Gasteiger partial charge in [0.1, 0.15) is 0 Å². The molecule has 1 aromatic carbocycles. The van der Waals surface area contributed by atoms with Gasteiger partial charge in [0.25, 0.3) is 5.91 Å². The summed E-state index contributed by atoms with van der Waals surface area (Å²) in [6.45, 7) is 3.82. The summed E-state index contributed by atoms with van der Waals surface area (Å²) in [5, 5.41) is 4.60. The Bertz CT molecular complexity index is 538. The van der Waals surface area contributed by atoms with Crippen LogP contribution in [0.1, 0.15) is 19.4 Å². The van der Waals surface area contributed by atoms with Gasteiger partial charge in [-0.25, -0.2) is 9.59 Å². The van der Waals surface area contributed by atoms with Crippen molar-refractivity contribution < 1.29 is 19.1 Å². The number of nitrogens with one attached hydrogen (secondary N) is 2. The quantitative estimate of drug-likeness (QED) is 0.619. The normalized spacial score (nSPS) is 10.5. The zero-order valence-electron chi connectivity index (χ0n) is 12.7. The summed E-state index contributed by atoms with van der Waals surface area (Å²) in [7, 11) is 0. The molecule has 0 heterocycles. The van der Waals surface area contributed by atoms with Crippen LogP contribution in [-0.4, -0.2) is 31.1 Å². The van der Waals surface area contributed by atoms with Gasteiger partial charge in [-0.2, -0.15) is 0 Å². The van der Waals surface area contributed by atoms with Crippen LogP contribution >= 0.6 is 0 Å². The van der Waals surface area contributed by atoms with Crippen molar-refractivity contribution >= 4 is 24.0 Å². The minimum absolute atomic E-state index is 0.279. The highest BCUT2D eigenvalue weighted by Crippen LogP contribution is 2.00. The molecule has 0 spiro atoms. The van der Waals surface area contributed by atoms with Crippen LogP contribution in [0.3, 0.4) is 0 Å². The first-order valence-corrected chi connectivity index (χ1v) is 6.95. The van der Waals surface area contributed by atoms with Crippen molar-refractivity contribution in [2.75, 3.05) is 13.2 Å². The number of ether oxygens (including phenoxy) is 1. The molecule has 0 bridgehead atoms. The summed E-state index contributed by atoms with van der Waals surface area (Å²) >= 11 is 0. The highest BCUT2D eigenvalue weighted by molar-refractivity contribution is 5.96. The first kappa shape index (κ1) is 17.4. The van der Waals surface area contributed by atoms with Crippen LogP contribution in [0.5, 0.6) is 0 Å². The molecule has 0 fully saturated rings. The van der Waals surface area contributed by atoms with E-state index in [4.69, 9.17) is 4.74 Å². The van der Waals surface area contributed by atoms with Gasteiger partial charge in [0.2, 0.25) is 0 Å². The number of hydrogen-bond donors (Lipinski definition) is 2. The molecule has 0 atom stereocenters. The van der Waals surface area contributed by atoms with Gasteiger partial charge in [-0.1, -0.05) is 44.2 Å². The summed E-state index contributed by atoms with van der Waals surface area (Å²) in [5.41, 5.74) is 0.844. The molecule has 1 aromatic rings. The van der Waals surface area contributed by atoms with Gasteiger partial charge in [-0.15, -0.1) is 0 Å². The maximum Gasteiger partial charge on any atom is 0.331 e. The molecular formula is C16H20N2O4. The Balaban J connectivity index is 2.27. The third kappa shape index (κ3) is 7.84. The van der Waals surface area contributed by atoms with Gasteiger partial charge in [-0.3, -0.25) is 10.1 Å². The summed E-state index contributed by atoms with van der Waals surface area (Å²) in [6, 6.07) is 8.60. The highest BCUT2D eigenvalue weighted by Gasteiger charge is 2.09. The van der Waals surface area contributed by atoms with E-state index in [2.05, 4.69) is 10.6 Å². The van der Waals surface area contributed by atoms with Crippen molar-refractivity contribution in [1.29, 1.82) is 0 Å². The van der Waals surface area contributed by atoms with E-state index in [9.17, 15) is 14.4 Å². The zero-order valence-corrected chi connectivity index (χ0v) is 12.7. The molecule has 0 aromatic heterocycles. The zero-order chi connectivity index (χ0) is 16.4. The lowest BCUT2D eigenvalue weighted by atomic mass is 10.2. The van der Waals surface area contributed by atoms with Crippen LogP contribution in [0.4, 0.5) is 4.79 Å². The highest BCUT2D eigenvalue weighted by atomic mass is 16.5. The third-order valence-corrected chi connectivity index (χ3v) is 2.48. The van der Waals surface area contributed by atoms with Crippen molar-refractivity contribution in [1.82, 2.24) is 10.6 Å². The number of carbonyl (C=O) groups excluding carboxylic acids is 3. The largest absolute Gasteiger partial charge is 0.452 e. The Kier molecular flexibility index (Phi) is 7.39. The fourth-order valence-corrected chi connectivity index (χ4v) is 1.42. The van der Waals surface area contributed by atoms with Crippen LogP contribution in [-0.2, 0) is 14.3 Å². The molecule has 0 aliphatic heterocycles. The Morgan fingerprint density at radius 3 is 2.50 bits per heavy atom. The Hall–Kier alpha value is -2.63. The number of urea groups is 1. The van der Waals surface area contributed by atoms with E-state index < -0.39 is 24.5 Å². The number of carbonyl (C=O) groups is 3. The summed E-state index contributed by atoms with van der Waals surface area (Å²) in [4.78, 5) is 34.2. The molecule has 0 unspecified atom stereocenters. The molecule has 0 saturated carbocycles. The minimum atomic E-state index is -0.678. The van der Waals surface area contributed by atoms with Gasteiger partial charge in [0.05, 0.1) is 0 Å². The molecular weight excluding hydrogens is 284 g/mol. The number of hydrogen-bond acceptors (Lipinski definition) is 4. The fourth-order valence-electron chi connectivity index (χ4n) is 1.42. The van der Waals surface area contributed by atoms with Gasteiger partial charge in [0, 0.05) is 12.6 Å². The molecule has 6 nitrogen and oxygen atoms in total. The van der Waals surface area contributed by atoms with Crippen molar-refractivity contribution in [3.63, 3.8) is 0 Å². The van der Waals surface area contributed by atoms with Gasteiger partial charge in [-0.05, 0) is 17.6 Å². The molecule has 2 N–H and O–H groups in total. The van der Waals surface area contributed by atoms with Gasteiger partial charge in [0.15, 0.2) is 6.61 Å². The number of imide groups is 1. The summed E-state index contributed by atoms with van der Waals surface area (Å²) in [6.07, 6.45) is 2.80. The lowest BCUT2D eigenvalue weighted by molar-refractivity contribution is -0.143. The minimum Gasteiger partial charge on any atom is -0.452 e. The monoisotopic (exact) mass is 304 g/mol. The number of esters is 1. The van der Waals surface area contributed by atoms with Crippen LogP contribution in [0, 0.1) is 5.92 Å². The lowest BCUT2D eigenvalue weighted by Gasteiger charge is -2.08. The molecule has 118 valence electrons. The van der Waals surface area contributed by atoms with Gasteiger partial charge < -0.3 is 10.1 Å². The predicted molar refractivity (Wildman–Crippen MR) is 82.8 cm³/mol. The van der Waals surface area contributed by atoms with Gasteiger partial charge >= 0.3 is 12.0 Å². The maximum atomic E-state index is 11.4. The van der Waals surface area contributed by atoms with Crippen molar-refractivity contribution in [2.45, 2.75) is 13.8 Å². The van der Waals surface area contributed by atoms with Crippen molar-refractivity contribution in [3.8, 4) is 0 Å². The van der Waals surface area contributed by atoms with E-state index in [1.807, 2.05) is 44.2 Å². The SMILES string of the molecule is CC(C)CNC(=O)NC(=O)COC(=O)/C=C/c1ccccc1. The number of amides is 3. The smallest absolute Gasteiger partial charge is 0.331 e. The Labute approximate surface area is 129 Å². The van der Waals surface area contributed by atoms with Crippen molar-refractivity contribution in [3.05, 3.63) is 42.0 Å². The lowest BCUT2D eigenvalue weighted by Crippen LogP contribution is -2.42. The first-order valence-electron chi connectivity index (χ1n) is 6.95. The Morgan fingerprint density at radius 2 is 1.86 bits per heavy atom. The number of rotatable bonds is 6. The average Bonchev–Trinajstić information content (AvgIpc) is 2.50. The molecule has 0 radical (unpaired) electrons. The first-order chi connectivity index (χ1) is 10.5. The Morgan fingerprint density at radius 1 is 1.18 bits per heavy atom. The topological polar surface area (TPSA) is 84.5 Å². The van der Waals surface area contributed by atoms with E-state index in [0.29, 0.717) is 6.54 Å². The second-order valence-corrected chi connectivity index (χ2v) is 5.00. The maximum absolute atomic E-state index is 11.4. The van der Waals surface area contributed by atoms with Crippen LogP contribution in [0.2, 0.25) is 0 Å². The molecule has 22 heavy (non-hydrogen) atoms. The summed E-state index contributed by atoms with van der Waals surface area (Å²) in [5.74, 6) is -1.05. The summed E-state index contributed by atoms with van der Waals surface area (Å²) < 4.78 is 4.73. The van der Waals surface area contributed by atoms with E-state index >= 15 is 0 Å². The van der Waals surface area contributed by atoms with Crippen LogP contribution in [0.25, 0.3) is 6.08 Å². The molecule has 6 heteroatoms. The molecule has 3 amide bonds.